The summed E-state index contributed by atoms with van der Waals surface area (Å²) in [5.41, 5.74) is 0. The highest BCUT2D eigenvalue weighted by atomic mass is 32.2. The lowest BCUT2D eigenvalue weighted by atomic mass is 10.1. The number of nitrogens with one attached hydrogen (secondary N) is 2. The molecule has 0 spiro atoms. The van der Waals surface area contributed by atoms with E-state index in [2.05, 4.69) is 16.3 Å². The maximum absolute atomic E-state index is 12.3. The van der Waals surface area contributed by atoms with Crippen LogP contribution in [0.4, 0.5) is 0 Å². The quantitative estimate of drug-likeness (QED) is 0.595. The van der Waals surface area contributed by atoms with Gasteiger partial charge in [0, 0.05) is 30.9 Å². The first-order valence-electron chi connectivity index (χ1n) is 7.97. The van der Waals surface area contributed by atoms with Gasteiger partial charge in [0.15, 0.2) is 0 Å². The number of thioether (sulfide) groups is 1. The molecule has 0 radical (unpaired) electrons. The Hall–Kier alpha value is 0.180. The Kier molecular flexibility index (Phi) is 6.38. The van der Waals surface area contributed by atoms with Crippen molar-refractivity contribution in [3.05, 3.63) is 0 Å². The Morgan fingerprint density at radius 3 is 2.52 bits per heavy atom. The molecule has 0 aliphatic heterocycles. The molecule has 7 heteroatoms. The molecule has 2 saturated carbocycles. The van der Waals surface area contributed by atoms with Crippen LogP contribution in [0.2, 0.25) is 0 Å². The Morgan fingerprint density at radius 1 is 1.29 bits per heavy atom. The van der Waals surface area contributed by atoms with Crippen LogP contribution in [0.15, 0.2) is 0 Å². The average molecular weight is 336 g/mol. The van der Waals surface area contributed by atoms with Crippen LogP contribution >= 0.6 is 11.8 Å². The van der Waals surface area contributed by atoms with Gasteiger partial charge < -0.3 is 5.32 Å². The van der Waals surface area contributed by atoms with Gasteiger partial charge in [-0.1, -0.05) is 12.8 Å². The second kappa shape index (κ2) is 7.64. The van der Waals surface area contributed by atoms with Gasteiger partial charge in [-0.05, 0) is 44.9 Å². The lowest BCUT2D eigenvalue weighted by molar-refractivity contribution is 0.439. The zero-order valence-corrected chi connectivity index (χ0v) is 14.9. The van der Waals surface area contributed by atoms with Crippen LogP contribution in [-0.2, 0) is 10.2 Å². The number of hydrogen-bond donors (Lipinski definition) is 2. The van der Waals surface area contributed by atoms with Crippen LogP contribution in [0.1, 0.15) is 44.9 Å². The Bertz CT molecular complexity index is 418. The number of nitrogens with zero attached hydrogens (tertiary/aromatic N) is 1. The van der Waals surface area contributed by atoms with Gasteiger partial charge in [-0.3, -0.25) is 0 Å². The summed E-state index contributed by atoms with van der Waals surface area (Å²) in [5.74, 6) is 0. The lowest BCUT2D eigenvalue weighted by Gasteiger charge is -2.28. The Balaban J connectivity index is 1.71. The zero-order chi connectivity index (χ0) is 15.3. The average Bonchev–Trinajstić information content (AvgIpc) is 3.17. The highest BCUT2D eigenvalue weighted by molar-refractivity contribution is 8.00. The summed E-state index contributed by atoms with van der Waals surface area (Å²) in [6, 6.07) is 0.689. The molecule has 0 aromatic rings. The molecule has 0 heterocycles. The molecule has 2 aliphatic carbocycles. The molecule has 2 N–H and O–H groups in total. The predicted molar refractivity (Wildman–Crippen MR) is 89.9 cm³/mol. The Labute approximate surface area is 133 Å². The monoisotopic (exact) mass is 335 g/mol. The summed E-state index contributed by atoms with van der Waals surface area (Å²) in [6.45, 7) is 2.03. The molecule has 0 atom stereocenters. The second-order valence-corrected chi connectivity index (χ2v) is 9.46. The van der Waals surface area contributed by atoms with Crippen LogP contribution in [0.5, 0.6) is 0 Å². The molecule has 0 saturated heterocycles. The van der Waals surface area contributed by atoms with Gasteiger partial charge >= 0.3 is 0 Å². The van der Waals surface area contributed by atoms with Crippen molar-refractivity contribution < 1.29 is 8.42 Å². The maximum Gasteiger partial charge on any atom is 0.279 e. The van der Waals surface area contributed by atoms with Gasteiger partial charge in [0.25, 0.3) is 10.2 Å². The van der Waals surface area contributed by atoms with Crippen molar-refractivity contribution in [2.45, 2.75) is 55.7 Å². The molecule has 2 fully saturated rings. The van der Waals surface area contributed by atoms with E-state index in [0.717, 1.165) is 25.8 Å². The minimum absolute atomic E-state index is 0.113. The van der Waals surface area contributed by atoms with Crippen LogP contribution in [-0.4, -0.2) is 56.4 Å². The lowest BCUT2D eigenvalue weighted by Crippen LogP contribution is -2.45. The fourth-order valence-corrected chi connectivity index (χ4v) is 4.87. The van der Waals surface area contributed by atoms with Crippen molar-refractivity contribution in [2.24, 2.45) is 0 Å². The van der Waals surface area contributed by atoms with Gasteiger partial charge in [0.1, 0.15) is 0 Å². The molecule has 0 bridgehead atoms. The fourth-order valence-electron chi connectivity index (χ4n) is 2.82. The SMILES string of the molecule is CSC1(CNS(=O)(=O)N(C)CCCNC2CC2)CCCC1. The first-order chi connectivity index (χ1) is 9.97. The first-order valence-corrected chi connectivity index (χ1v) is 10.6. The number of rotatable bonds is 10. The highest BCUT2D eigenvalue weighted by Crippen LogP contribution is 2.39. The minimum atomic E-state index is -3.34. The van der Waals surface area contributed by atoms with Crippen LogP contribution in [0.3, 0.4) is 0 Å². The molecule has 0 aromatic carbocycles. The third-order valence-corrected chi connectivity index (χ3v) is 7.53. The van der Waals surface area contributed by atoms with Gasteiger partial charge in [-0.25, -0.2) is 4.72 Å². The highest BCUT2D eigenvalue weighted by Gasteiger charge is 2.34. The zero-order valence-electron chi connectivity index (χ0n) is 13.2. The first kappa shape index (κ1) is 17.5. The van der Waals surface area contributed by atoms with Gasteiger partial charge in [-0.15, -0.1) is 0 Å². The normalized spacial score (nSPS) is 22.0. The summed E-state index contributed by atoms with van der Waals surface area (Å²) < 4.78 is 28.9. The van der Waals surface area contributed by atoms with E-state index < -0.39 is 10.2 Å². The van der Waals surface area contributed by atoms with Crippen molar-refractivity contribution in [3.8, 4) is 0 Å². The maximum atomic E-state index is 12.3. The molecule has 21 heavy (non-hydrogen) atoms. The smallest absolute Gasteiger partial charge is 0.279 e. The summed E-state index contributed by atoms with van der Waals surface area (Å²) in [5, 5.41) is 3.41. The molecule has 124 valence electrons. The topological polar surface area (TPSA) is 61.4 Å². The van der Waals surface area contributed by atoms with Crippen LogP contribution < -0.4 is 10.0 Å². The molecular formula is C14H29N3O2S2. The van der Waals surface area contributed by atoms with Gasteiger partial charge in [0.2, 0.25) is 0 Å². The Morgan fingerprint density at radius 2 is 1.95 bits per heavy atom. The molecule has 0 aromatic heterocycles. The van der Waals surface area contributed by atoms with Crippen LogP contribution in [0, 0.1) is 0 Å². The molecule has 5 nitrogen and oxygen atoms in total. The van der Waals surface area contributed by atoms with Gasteiger partial charge in [-0.2, -0.15) is 24.5 Å². The molecule has 0 unspecified atom stereocenters. The van der Waals surface area contributed by atoms with E-state index in [1.54, 1.807) is 7.05 Å². The van der Waals surface area contributed by atoms with E-state index in [9.17, 15) is 8.42 Å². The largest absolute Gasteiger partial charge is 0.314 e. The summed E-state index contributed by atoms with van der Waals surface area (Å²) in [7, 11) is -1.67. The fraction of sp³-hybridized carbons (Fsp3) is 1.00. The standard InChI is InChI=1S/C14H29N3O2S2/c1-17(11-5-10-15-13-6-7-13)21(18,19)16-12-14(20-2)8-3-4-9-14/h13,15-16H,3-12H2,1-2H3. The van der Waals surface area contributed by atoms with Crippen molar-refractivity contribution in [3.63, 3.8) is 0 Å². The van der Waals surface area contributed by atoms with E-state index in [4.69, 9.17) is 0 Å². The second-order valence-electron chi connectivity index (χ2n) is 6.32. The van der Waals surface area contributed by atoms with Crippen molar-refractivity contribution >= 4 is 22.0 Å². The van der Waals surface area contributed by atoms with Crippen molar-refractivity contribution in [2.75, 3.05) is 32.9 Å². The molecular weight excluding hydrogens is 306 g/mol. The summed E-state index contributed by atoms with van der Waals surface area (Å²) >= 11 is 1.81. The van der Waals surface area contributed by atoms with Gasteiger partial charge in [0.05, 0.1) is 0 Å². The molecule has 2 rings (SSSR count). The van der Waals surface area contributed by atoms with E-state index in [0.29, 0.717) is 19.1 Å². The van der Waals surface area contributed by atoms with E-state index in [1.807, 2.05) is 11.8 Å². The van der Waals surface area contributed by atoms with Crippen molar-refractivity contribution in [1.29, 1.82) is 0 Å². The third-order valence-electron chi connectivity index (χ3n) is 4.60. The third kappa shape index (κ3) is 5.39. The van der Waals surface area contributed by atoms with Crippen molar-refractivity contribution in [1.82, 2.24) is 14.3 Å². The number of hydrogen-bond acceptors (Lipinski definition) is 4. The summed E-state index contributed by atoms with van der Waals surface area (Å²) in [6.07, 6.45) is 10.2. The predicted octanol–water partition coefficient (Wildman–Crippen LogP) is 1.57. The van der Waals surface area contributed by atoms with E-state index in [1.165, 1.54) is 30.0 Å². The van der Waals surface area contributed by atoms with E-state index in [-0.39, 0.29) is 4.75 Å². The van der Waals surface area contributed by atoms with E-state index >= 15 is 0 Å². The minimum Gasteiger partial charge on any atom is -0.314 e. The molecule has 0 amide bonds. The summed E-state index contributed by atoms with van der Waals surface area (Å²) in [4.78, 5) is 0. The van der Waals surface area contributed by atoms with Crippen LogP contribution in [0.25, 0.3) is 0 Å². The molecule has 2 aliphatic rings.